The summed E-state index contributed by atoms with van der Waals surface area (Å²) in [6.45, 7) is 0. The zero-order chi connectivity index (χ0) is 14.9. The van der Waals surface area contributed by atoms with E-state index < -0.39 is 17.6 Å². The van der Waals surface area contributed by atoms with Gasteiger partial charge >= 0.3 is 5.97 Å². The van der Waals surface area contributed by atoms with Crippen LogP contribution in [0.25, 0.3) is 0 Å². The topological polar surface area (TPSA) is 72.5 Å². The highest BCUT2D eigenvalue weighted by Gasteiger charge is 2.15. The second-order valence-electron chi connectivity index (χ2n) is 3.88. The third-order valence-electron chi connectivity index (χ3n) is 2.40. The van der Waals surface area contributed by atoms with Crippen LogP contribution in [0.3, 0.4) is 0 Å². The molecule has 0 spiro atoms. The molecule has 4 nitrogen and oxygen atoms in total. The molecule has 0 fully saturated rings. The quantitative estimate of drug-likeness (QED) is 0.831. The number of aromatic carboxylic acids is 1. The van der Waals surface area contributed by atoms with E-state index in [9.17, 15) is 13.6 Å². The molecule has 0 bridgehead atoms. The number of benzene rings is 2. The van der Waals surface area contributed by atoms with E-state index in [1.165, 1.54) is 12.1 Å². The molecule has 0 aliphatic carbocycles. The fourth-order valence-corrected chi connectivity index (χ4v) is 1.99. The van der Waals surface area contributed by atoms with Crippen LogP contribution in [0.15, 0.2) is 34.8 Å². The van der Waals surface area contributed by atoms with E-state index in [4.69, 9.17) is 15.6 Å². The van der Waals surface area contributed by atoms with Crippen LogP contribution >= 0.6 is 15.9 Å². The van der Waals surface area contributed by atoms with Crippen LogP contribution in [0, 0.1) is 11.6 Å². The summed E-state index contributed by atoms with van der Waals surface area (Å²) in [6.07, 6.45) is 0. The molecule has 0 heterocycles. The maximum Gasteiger partial charge on any atom is 0.337 e. The fraction of sp³-hybridized carbons (Fsp3) is 0. The van der Waals surface area contributed by atoms with Gasteiger partial charge in [0.15, 0.2) is 11.6 Å². The molecule has 3 N–H and O–H groups in total. The smallest absolute Gasteiger partial charge is 0.337 e. The van der Waals surface area contributed by atoms with Crippen molar-refractivity contribution in [2.24, 2.45) is 0 Å². The minimum atomic E-state index is -1.31. The summed E-state index contributed by atoms with van der Waals surface area (Å²) < 4.78 is 32.4. The molecule has 0 aliphatic rings. The van der Waals surface area contributed by atoms with Crippen LogP contribution < -0.4 is 10.5 Å². The predicted octanol–water partition coefficient (Wildman–Crippen LogP) is 3.80. The Morgan fingerprint density at radius 3 is 2.50 bits per heavy atom. The zero-order valence-corrected chi connectivity index (χ0v) is 11.4. The molecule has 2 rings (SSSR count). The number of halogens is 3. The number of ether oxygens (including phenoxy) is 1. The molecule has 2 aromatic carbocycles. The summed E-state index contributed by atoms with van der Waals surface area (Å²) in [4.78, 5) is 10.9. The molecule has 7 heteroatoms. The number of hydrogen-bond donors (Lipinski definition) is 2. The highest BCUT2D eigenvalue weighted by molar-refractivity contribution is 9.10. The lowest BCUT2D eigenvalue weighted by molar-refractivity contribution is 0.0697. The van der Waals surface area contributed by atoms with Crippen molar-refractivity contribution in [2.45, 2.75) is 0 Å². The van der Waals surface area contributed by atoms with E-state index >= 15 is 0 Å². The normalized spacial score (nSPS) is 10.3. The van der Waals surface area contributed by atoms with Crippen molar-refractivity contribution < 1.29 is 23.4 Å². The predicted molar refractivity (Wildman–Crippen MR) is 71.9 cm³/mol. The van der Waals surface area contributed by atoms with Gasteiger partial charge in [-0.1, -0.05) is 15.9 Å². The van der Waals surface area contributed by atoms with E-state index in [-0.39, 0.29) is 22.7 Å². The summed E-state index contributed by atoms with van der Waals surface area (Å²) in [6, 6.07) is 5.45. The lowest BCUT2D eigenvalue weighted by Crippen LogP contribution is -2.04. The highest BCUT2D eigenvalue weighted by Crippen LogP contribution is 2.30. The zero-order valence-electron chi connectivity index (χ0n) is 9.86. The van der Waals surface area contributed by atoms with Crippen LogP contribution in [0.5, 0.6) is 11.5 Å². The van der Waals surface area contributed by atoms with E-state index in [2.05, 4.69) is 15.9 Å². The first-order valence-corrected chi connectivity index (χ1v) is 6.12. The van der Waals surface area contributed by atoms with Gasteiger partial charge in [-0.15, -0.1) is 0 Å². The Labute approximate surface area is 120 Å². The minimum Gasteiger partial charge on any atom is -0.478 e. The Morgan fingerprint density at radius 2 is 1.90 bits per heavy atom. The second kappa shape index (κ2) is 5.46. The number of carboxylic acid groups (broad SMARTS) is 1. The number of anilines is 1. The Kier molecular flexibility index (Phi) is 3.89. The Bertz CT molecular complexity index is 671. The Hall–Kier alpha value is -2.15. The number of rotatable bonds is 3. The lowest BCUT2D eigenvalue weighted by atomic mass is 10.1. The average molecular weight is 344 g/mol. The first kappa shape index (κ1) is 14.3. The molecular weight excluding hydrogens is 336 g/mol. The standard InChI is InChI=1S/C13H8BrF2NO3/c14-6-1-7(15)3-8(2-6)20-12-4-9(13(18)19)11(17)5-10(12)16/h1-5H,17H2,(H,18,19). The summed E-state index contributed by atoms with van der Waals surface area (Å²) in [5.41, 5.74) is 4.87. The van der Waals surface area contributed by atoms with Crippen molar-refractivity contribution in [3.05, 3.63) is 52.0 Å². The molecule has 0 unspecified atom stereocenters. The van der Waals surface area contributed by atoms with Crippen molar-refractivity contribution in [3.63, 3.8) is 0 Å². The summed E-state index contributed by atoms with van der Waals surface area (Å²) in [5, 5.41) is 8.91. The maximum absolute atomic E-state index is 13.7. The number of carbonyl (C=O) groups is 1. The second-order valence-corrected chi connectivity index (χ2v) is 4.80. The maximum atomic E-state index is 13.7. The van der Waals surface area contributed by atoms with E-state index in [1.54, 1.807) is 0 Å². The molecule has 0 aliphatic heterocycles. The molecule has 0 atom stereocenters. The largest absolute Gasteiger partial charge is 0.478 e. The number of nitrogen functional groups attached to an aromatic ring is 1. The van der Waals surface area contributed by atoms with E-state index in [1.807, 2.05) is 0 Å². The van der Waals surface area contributed by atoms with Gasteiger partial charge in [0.05, 0.1) is 5.56 Å². The lowest BCUT2D eigenvalue weighted by Gasteiger charge is -2.10. The van der Waals surface area contributed by atoms with Gasteiger partial charge in [0.25, 0.3) is 0 Å². The Morgan fingerprint density at radius 1 is 1.20 bits per heavy atom. The average Bonchev–Trinajstić information content (AvgIpc) is 2.30. The van der Waals surface area contributed by atoms with Crippen LogP contribution in [-0.4, -0.2) is 11.1 Å². The van der Waals surface area contributed by atoms with E-state index in [0.29, 0.717) is 4.47 Å². The van der Waals surface area contributed by atoms with Crippen LogP contribution in [-0.2, 0) is 0 Å². The van der Waals surface area contributed by atoms with Crippen LogP contribution in [0.2, 0.25) is 0 Å². The summed E-state index contributed by atoms with van der Waals surface area (Å²) in [5.74, 6) is -3.06. The molecule has 0 amide bonds. The van der Waals surface area contributed by atoms with Crippen LogP contribution in [0.1, 0.15) is 10.4 Å². The van der Waals surface area contributed by atoms with Gasteiger partial charge in [-0.2, -0.15) is 0 Å². The first-order valence-electron chi connectivity index (χ1n) is 5.33. The number of carboxylic acids is 1. The minimum absolute atomic E-state index is 0.0249. The van der Waals surface area contributed by atoms with Gasteiger partial charge in [0.1, 0.15) is 11.6 Å². The number of hydrogen-bond acceptors (Lipinski definition) is 3. The van der Waals surface area contributed by atoms with Gasteiger partial charge in [0.2, 0.25) is 0 Å². The van der Waals surface area contributed by atoms with Crippen molar-refractivity contribution in [1.82, 2.24) is 0 Å². The molecule has 0 radical (unpaired) electrons. The van der Waals surface area contributed by atoms with Gasteiger partial charge < -0.3 is 15.6 Å². The van der Waals surface area contributed by atoms with Gasteiger partial charge in [-0.05, 0) is 12.1 Å². The van der Waals surface area contributed by atoms with Gasteiger partial charge in [-0.25, -0.2) is 13.6 Å². The molecule has 104 valence electrons. The molecule has 0 saturated carbocycles. The monoisotopic (exact) mass is 343 g/mol. The third-order valence-corrected chi connectivity index (χ3v) is 2.86. The summed E-state index contributed by atoms with van der Waals surface area (Å²) in [7, 11) is 0. The van der Waals surface area contributed by atoms with Crippen LogP contribution in [0.4, 0.5) is 14.5 Å². The van der Waals surface area contributed by atoms with E-state index in [0.717, 1.165) is 18.2 Å². The number of nitrogens with two attached hydrogens (primary N) is 1. The fourth-order valence-electron chi connectivity index (χ4n) is 1.55. The van der Waals surface area contributed by atoms with Gasteiger partial charge in [0, 0.05) is 28.4 Å². The van der Waals surface area contributed by atoms with Crippen molar-refractivity contribution in [1.29, 1.82) is 0 Å². The Balaban J connectivity index is 2.42. The molecule has 20 heavy (non-hydrogen) atoms. The third kappa shape index (κ3) is 3.05. The molecular formula is C13H8BrF2NO3. The highest BCUT2D eigenvalue weighted by atomic mass is 79.9. The van der Waals surface area contributed by atoms with Crippen molar-refractivity contribution >= 4 is 27.6 Å². The molecule has 2 aromatic rings. The van der Waals surface area contributed by atoms with Crippen molar-refractivity contribution in [3.8, 4) is 11.5 Å². The molecule has 0 saturated heterocycles. The SMILES string of the molecule is Nc1cc(F)c(Oc2cc(F)cc(Br)c2)cc1C(=O)O. The summed E-state index contributed by atoms with van der Waals surface area (Å²) >= 11 is 3.07. The van der Waals surface area contributed by atoms with Gasteiger partial charge in [-0.3, -0.25) is 0 Å². The molecule has 0 aromatic heterocycles. The first-order chi connectivity index (χ1) is 9.36. The van der Waals surface area contributed by atoms with Crippen molar-refractivity contribution in [2.75, 3.05) is 5.73 Å².